The van der Waals surface area contributed by atoms with E-state index < -0.39 is 0 Å². The number of fused-ring (bicyclic) bond motifs is 1. The van der Waals surface area contributed by atoms with Crippen molar-refractivity contribution in [3.8, 4) is 11.5 Å². The summed E-state index contributed by atoms with van der Waals surface area (Å²) in [4.78, 5) is 0. The van der Waals surface area contributed by atoms with Crippen LogP contribution in [0.3, 0.4) is 0 Å². The van der Waals surface area contributed by atoms with Crippen LogP contribution in [0.1, 0.15) is 18.5 Å². The molecule has 2 aromatic rings. The minimum Gasteiger partial charge on any atom is -0.454 e. The van der Waals surface area contributed by atoms with Crippen molar-refractivity contribution in [1.29, 1.82) is 0 Å². The summed E-state index contributed by atoms with van der Waals surface area (Å²) < 4.78 is 23.5. The van der Waals surface area contributed by atoms with Gasteiger partial charge in [0, 0.05) is 11.8 Å². The Labute approximate surface area is 133 Å². The molecule has 3 rings (SSSR count). The van der Waals surface area contributed by atoms with Crippen molar-refractivity contribution < 1.29 is 13.9 Å². The van der Waals surface area contributed by atoms with Crippen LogP contribution in [0.2, 0.25) is 0 Å². The number of halogens is 1. The highest BCUT2D eigenvalue weighted by molar-refractivity contribution is 7.80. The molecule has 0 bridgehead atoms. The summed E-state index contributed by atoms with van der Waals surface area (Å²) in [5, 5.41) is 6.73. The molecule has 0 aromatic heterocycles. The van der Waals surface area contributed by atoms with E-state index in [1.54, 1.807) is 12.1 Å². The molecular formula is C16H15FN2O2S. The Hall–Kier alpha value is -2.34. The molecule has 114 valence electrons. The van der Waals surface area contributed by atoms with Gasteiger partial charge in [-0.2, -0.15) is 0 Å². The average Bonchev–Trinajstić information content (AvgIpc) is 2.95. The van der Waals surface area contributed by atoms with Crippen molar-refractivity contribution in [2.75, 3.05) is 12.1 Å². The van der Waals surface area contributed by atoms with Crippen molar-refractivity contribution in [2.24, 2.45) is 0 Å². The van der Waals surface area contributed by atoms with Crippen molar-refractivity contribution in [3.63, 3.8) is 0 Å². The summed E-state index contributed by atoms with van der Waals surface area (Å²) in [6, 6.07) is 11.8. The molecular weight excluding hydrogens is 303 g/mol. The lowest BCUT2D eigenvalue weighted by Gasteiger charge is -2.17. The fourth-order valence-corrected chi connectivity index (χ4v) is 2.47. The molecule has 0 unspecified atom stereocenters. The van der Waals surface area contributed by atoms with Gasteiger partial charge in [-0.25, -0.2) is 4.39 Å². The molecule has 6 heteroatoms. The maximum Gasteiger partial charge on any atom is 0.231 e. The molecule has 4 nitrogen and oxygen atoms in total. The summed E-state index contributed by atoms with van der Waals surface area (Å²) in [6.07, 6.45) is 0. The third-order valence-electron chi connectivity index (χ3n) is 3.35. The van der Waals surface area contributed by atoms with Crippen molar-refractivity contribution in [1.82, 2.24) is 5.32 Å². The van der Waals surface area contributed by atoms with Crippen LogP contribution in [0.5, 0.6) is 11.5 Å². The van der Waals surface area contributed by atoms with Gasteiger partial charge in [-0.05, 0) is 49.0 Å². The molecule has 0 aliphatic carbocycles. The predicted octanol–water partition coefficient (Wildman–Crippen LogP) is 3.60. The number of rotatable bonds is 3. The normalized spacial score (nSPS) is 13.5. The van der Waals surface area contributed by atoms with Crippen LogP contribution in [0.25, 0.3) is 0 Å². The Morgan fingerprint density at radius 1 is 1.14 bits per heavy atom. The van der Waals surface area contributed by atoms with Gasteiger partial charge in [-0.1, -0.05) is 12.1 Å². The topological polar surface area (TPSA) is 42.5 Å². The van der Waals surface area contributed by atoms with Gasteiger partial charge < -0.3 is 20.1 Å². The first-order valence-corrected chi connectivity index (χ1v) is 7.25. The number of ether oxygens (including phenoxy) is 2. The smallest absolute Gasteiger partial charge is 0.231 e. The molecule has 0 saturated heterocycles. The average molecular weight is 318 g/mol. The van der Waals surface area contributed by atoms with E-state index in [4.69, 9.17) is 21.7 Å². The second-order valence-corrected chi connectivity index (χ2v) is 5.35. The number of hydrogen-bond acceptors (Lipinski definition) is 3. The molecule has 0 amide bonds. The summed E-state index contributed by atoms with van der Waals surface area (Å²) in [5.41, 5.74) is 1.77. The molecule has 1 atom stereocenters. The standard InChI is InChI=1S/C16H15FN2O2S/c1-10(11-2-4-12(17)5-3-11)18-16(22)19-13-6-7-14-15(8-13)21-9-20-14/h2-8,10H,9H2,1H3,(H2,18,19,22)/t10-/m1/s1. The SMILES string of the molecule is C[C@@H](NC(=S)Nc1ccc2c(c1)OCO2)c1ccc(F)cc1. The summed E-state index contributed by atoms with van der Waals surface area (Å²) in [6.45, 7) is 2.20. The largest absolute Gasteiger partial charge is 0.454 e. The third kappa shape index (κ3) is 3.28. The number of anilines is 1. The maximum atomic E-state index is 12.9. The monoisotopic (exact) mass is 318 g/mol. The zero-order valence-corrected chi connectivity index (χ0v) is 12.7. The molecule has 0 fully saturated rings. The second kappa shape index (κ2) is 6.19. The van der Waals surface area contributed by atoms with Gasteiger partial charge in [0.05, 0.1) is 6.04 Å². The van der Waals surface area contributed by atoms with E-state index in [2.05, 4.69) is 10.6 Å². The van der Waals surface area contributed by atoms with E-state index in [1.165, 1.54) is 12.1 Å². The van der Waals surface area contributed by atoms with E-state index in [-0.39, 0.29) is 18.7 Å². The molecule has 22 heavy (non-hydrogen) atoms. The van der Waals surface area contributed by atoms with Crippen LogP contribution < -0.4 is 20.1 Å². The number of nitrogens with one attached hydrogen (secondary N) is 2. The lowest BCUT2D eigenvalue weighted by atomic mass is 10.1. The molecule has 1 heterocycles. The highest BCUT2D eigenvalue weighted by Crippen LogP contribution is 2.34. The molecule has 1 aliphatic rings. The minimum atomic E-state index is -0.253. The molecule has 0 saturated carbocycles. The minimum absolute atomic E-state index is 0.0328. The van der Waals surface area contributed by atoms with Crippen LogP contribution in [0, 0.1) is 5.82 Å². The summed E-state index contributed by atoms with van der Waals surface area (Å²) in [7, 11) is 0. The Kier molecular flexibility index (Phi) is 4.11. The maximum absolute atomic E-state index is 12.9. The van der Waals surface area contributed by atoms with Crippen molar-refractivity contribution in [3.05, 3.63) is 53.8 Å². The number of hydrogen-bond donors (Lipinski definition) is 2. The first kappa shape index (κ1) is 14.6. The molecule has 0 spiro atoms. The van der Waals surface area contributed by atoms with Gasteiger partial charge in [0.1, 0.15) is 5.82 Å². The Morgan fingerprint density at radius 3 is 2.64 bits per heavy atom. The van der Waals surface area contributed by atoms with Crippen LogP contribution in [0.15, 0.2) is 42.5 Å². The van der Waals surface area contributed by atoms with Gasteiger partial charge in [0.2, 0.25) is 6.79 Å². The Balaban J connectivity index is 1.61. The fourth-order valence-electron chi connectivity index (χ4n) is 2.17. The van der Waals surface area contributed by atoms with Gasteiger partial charge >= 0.3 is 0 Å². The zero-order valence-electron chi connectivity index (χ0n) is 11.9. The van der Waals surface area contributed by atoms with Gasteiger partial charge in [0.25, 0.3) is 0 Å². The summed E-state index contributed by atoms with van der Waals surface area (Å²) >= 11 is 5.30. The lowest BCUT2D eigenvalue weighted by Crippen LogP contribution is -2.30. The number of thiocarbonyl (C=S) groups is 1. The quantitative estimate of drug-likeness (QED) is 0.847. The van der Waals surface area contributed by atoms with E-state index in [1.807, 2.05) is 25.1 Å². The Morgan fingerprint density at radius 2 is 1.86 bits per heavy atom. The first-order chi connectivity index (χ1) is 10.6. The molecule has 2 N–H and O–H groups in total. The lowest BCUT2D eigenvalue weighted by molar-refractivity contribution is 0.174. The second-order valence-electron chi connectivity index (χ2n) is 4.94. The highest BCUT2D eigenvalue weighted by Gasteiger charge is 2.14. The molecule has 1 aliphatic heterocycles. The fraction of sp³-hybridized carbons (Fsp3) is 0.188. The van der Waals surface area contributed by atoms with Crippen LogP contribution in [0.4, 0.5) is 10.1 Å². The number of benzene rings is 2. The van der Waals surface area contributed by atoms with Crippen LogP contribution >= 0.6 is 12.2 Å². The Bertz CT molecular complexity index is 691. The predicted molar refractivity (Wildman–Crippen MR) is 86.7 cm³/mol. The third-order valence-corrected chi connectivity index (χ3v) is 3.57. The van der Waals surface area contributed by atoms with Crippen molar-refractivity contribution in [2.45, 2.75) is 13.0 Å². The zero-order chi connectivity index (χ0) is 15.5. The van der Waals surface area contributed by atoms with Gasteiger partial charge in [-0.15, -0.1) is 0 Å². The van der Waals surface area contributed by atoms with Crippen LogP contribution in [-0.4, -0.2) is 11.9 Å². The first-order valence-electron chi connectivity index (χ1n) is 6.84. The van der Waals surface area contributed by atoms with E-state index in [9.17, 15) is 4.39 Å². The van der Waals surface area contributed by atoms with E-state index >= 15 is 0 Å². The van der Waals surface area contributed by atoms with Gasteiger partial charge in [0.15, 0.2) is 16.6 Å². The van der Waals surface area contributed by atoms with E-state index in [0.717, 1.165) is 17.0 Å². The molecule has 2 aromatic carbocycles. The highest BCUT2D eigenvalue weighted by atomic mass is 32.1. The summed E-state index contributed by atoms with van der Waals surface area (Å²) in [5.74, 6) is 1.17. The van der Waals surface area contributed by atoms with Crippen molar-refractivity contribution >= 4 is 23.0 Å². The van der Waals surface area contributed by atoms with Crippen LogP contribution in [-0.2, 0) is 0 Å². The molecule has 0 radical (unpaired) electrons. The van der Waals surface area contributed by atoms with Gasteiger partial charge in [-0.3, -0.25) is 0 Å². The van der Waals surface area contributed by atoms with E-state index in [0.29, 0.717) is 10.9 Å².